The Morgan fingerprint density at radius 2 is 2.13 bits per heavy atom. The molecule has 1 fully saturated rings. The third kappa shape index (κ3) is 4.22. The van der Waals surface area contributed by atoms with Crippen LogP contribution in [-0.4, -0.2) is 53.5 Å². The van der Waals surface area contributed by atoms with E-state index in [9.17, 15) is 14.4 Å². The number of nitrogens with zero attached hydrogens (tertiary/aromatic N) is 2. The molecule has 2 aromatic rings. The van der Waals surface area contributed by atoms with Crippen LogP contribution in [0.3, 0.4) is 0 Å². The van der Waals surface area contributed by atoms with E-state index in [2.05, 4.69) is 10.3 Å². The number of benzene rings is 1. The van der Waals surface area contributed by atoms with Crippen molar-refractivity contribution in [2.45, 2.75) is 38.3 Å². The number of ether oxygens (including phenoxy) is 2. The van der Waals surface area contributed by atoms with E-state index in [0.29, 0.717) is 30.4 Å². The molecule has 1 aliphatic carbocycles. The molecule has 9 heteroatoms. The molecule has 2 heterocycles. The molecule has 0 unspecified atom stereocenters. The van der Waals surface area contributed by atoms with Crippen LogP contribution in [0.5, 0.6) is 0 Å². The molecule has 1 aliphatic heterocycles. The summed E-state index contributed by atoms with van der Waals surface area (Å²) in [4.78, 5) is 44.5. The molecule has 2 amide bonds. The van der Waals surface area contributed by atoms with E-state index in [1.54, 1.807) is 6.92 Å². The average molecular weight is 429 g/mol. The number of anilines is 1. The Morgan fingerprint density at radius 3 is 2.90 bits per heavy atom. The van der Waals surface area contributed by atoms with Gasteiger partial charge in [0.2, 0.25) is 5.91 Å². The van der Waals surface area contributed by atoms with Crippen molar-refractivity contribution in [3.05, 3.63) is 46.5 Å². The molecule has 1 aromatic heterocycles. The quantitative estimate of drug-likeness (QED) is 0.707. The van der Waals surface area contributed by atoms with Crippen LogP contribution in [0.15, 0.2) is 30.3 Å². The summed E-state index contributed by atoms with van der Waals surface area (Å²) in [7, 11) is 0. The topological polar surface area (TPSA) is 97.8 Å². The molecule has 2 atom stereocenters. The maximum atomic E-state index is 12.9. The molecule has 2 aliphatic rings. The molecule has 0 radical (unpaired) electrons. The van der Waals surface area contributed by atoms with Crippen molar-refractivity contribution in [1.82, 2.24) is 9.88 Å². The van der Waals surface area contributed by atoms with Crippen LogP contribution in [0.2, 0.25) is 0 Å². The number of hydrogen-bond donors (Lipinski definition) is 1. The van der Waals surface area contributed by atoms with Gasteiger partial charge in [0.15, 0.2) is 5.13 Å². The van der Waals surface area contributed by atoms with Crippen LogP contribution < -0.4 is 5.32 Å². The lowest BCUT2D eigenvalue weighted by Gasteiger charge is -2.34. The summed E-state index contributed by atoms with van der Waals surface area (Å²) >= 11 is 1.36. The zero-order valence-corrected chi connectivity index (χ0v) is 17.4. The molecule has 1 saturated heterocycles. The Kier molecular flexibility index (Phi) is 6.10. The molecule has 8 nitrogen and oxygen atoms in total. The van der Waals surface area contributed by atoms with Gasteiger partial charge in [0.25, 0.3) is 5.91 Å². The highest BCUT2D eigenvalue weighted by Crippen LogP contribution is 2.39. The van der Waals surface area contributed by atoms with Crippen LogP contribution in [0.4, 0.5) is 5.13 Å². The van der Waals surface area contributed by atoms with E-state index in [-0.39, 0.29) is 36.9 Å². The Bertz CT molecular complexity index is 945. The molecule has 0 bridgehead atoms. The van der Waals surface area contributed by atoms with Crippen LogP contribution in [0, 0.1) is 0 Å². The van der Waals surface area contributed by atoms with Gasteiger partial charge >= 0.3 is 5.97 Å². The second-order valence-electron chi connectivity index (χ2n) is 7.20. The second kappa shape index (κ2) is 8.93. The molecule has 1 aromatic carbocycles. The number of amides is 2. The fraction of sp³-hybridized carbons (Fsp3) is 0.429. The SMILES string of the molecule is CCOC(=O)[C@@H]1CCc2sc(NC(=O)[C@H]3COCC(=O)N3Cc3ccccc3)nc21. The van der Waals surface area contributed by atoms with E-state index in [0.717, 1.165) is 16.9 Å². The maximum absolute atomic E-state index is 12.9. The summed E-state index contributed by atoms with van der Waals surface area (Å²) in [6.45, 7) is 2.52. The number of fused-ring (bicyclic) bond motifs is 1. The summed E-state index contributed by atoms with van der Waals surface area (Å²) in [5, 5.41) is 3.24. The van der Waals surface area contributed by atoms with Crippen molar-refractivity contribution in [2.24, 2.45) is 0 Å². The zero-order valence-electron chi connectivity index (χ0n) is 16.6. The fourth-order valence-corrected chi connectivity index (χ4v) is 4.78. The van der Waals surface area contributed by atoms with Gasteiger partial charge in [0, 0.05) is 11.4 Å². The van der Waals surface area contributed by atoms with Gasteiger partial charge < -0.3 is 19.7 Å². The van der Waals surface area contributed by atoms with E-state index < -0.39 is 6.04 Å². The van der Waals surface area contributed by atoms with Crippen LogP contribution >= 0.6 is 11.3 Å². The molecular formula is C21H23N3O5S. The number of morpholine rings is 1. The highest BCUT2D eigenvalue weighted by Gasteiger charge is 2.36. The van der Waals surface area contributed by atoms with Crippen LogP contribution in [0.25, 0.3) is 0 Å². The van der Waals surface area contributed by atoms with Crippen molar-refractivity contribution in [3.8, 4) is 0 Å². The minimum atomic E-state index is -0.744. The number of rotatable bonds is 6. The lowest BCUT2D eigenvalue weighted by Crippen LogP contribution is -2.54. The number of thiazole rings is 1. The number of aryl methyl sites for hydroxylation is 1. The van der Waals surface area contributed by atoms with Crippen LogP contribution in [0.1, 0.15) is 35.4 Å². The number of aromatic nitrogens is 1. The minimum Gasteiger partial charge on any atom is -0.465 e. The molecule has 0 spiro atoms. The lowest BCUT2D eigenvalue weighted by molar-refractivity contribution is -0.154. The first kappa shape index (κ1) is 20.5. The van der Waals surface area contributed by atoms with Gasteiger partial charge in [-0.1, -0.05) is 30.3 Å². The highest BCUT2D eigenvalue weighted by molar-refractivity contribution is 7.16. The van der Waals surface area contributed by atoms with Gasteiger partial charge in [-0.2, -0.15) is 0 Å². The van der Waals surface area contributed by atoms with Gasteiger partial charge in [0.1, 0.15) is 18.6 Å². The Hall–Kier alpha value is -2.78. The van der Waals surface area contributed by atoms with Crippen molar-refractivity contribution in [1.29, 1.82) is 0 Å². The fourth-order valence-electron chi connectivity index (χ4n) is 3.74. The van der Waals surface area contributed by atoms with E-state index in [1.807, 2.05) is 30.3 Å². The van der Waals surface area contributed by atoms with E-state index >= 15 is 0 Å². The van der Waals surface area contributed by atoms with Crippen molar-refractivity contribution < 1.29 is 23.9 Å². The van der Waals surface area contributed by atoms with E-state index in [4.69, 9.17) is 9.47 Å². The van der Waals surface area contributed by atoms with Crippen molar-refractivity contribution in [3.63, 3.8) is 0 Å². The van der Waals surface area contributed by atoms with Gasteiger partial charge in [-0.25, -0.2) is 4.98 Å². The summed E-state index contributed by atoms with van der Waals surface area (Å²) < 4.78 is 10.5. The number of hydrogen-bond acceptors (Lipinski definition) is 7. The Balaban J connectivity index is 1.47. The first-order valence-corrected chi connectivity index (χ1v) is 10.8. The zero-order chi connectivity index (χ0) is 21.1. The third-order valence-electron chi connectivity index (χ3n) is 5.22. The summed E-state index contributed by atoms with van der Waals surface area (Å²) in [5.74, 6) is -1.23. The summed E-state index contributed by atoms with van der Waals surface area (Å²) in [6.07, 6.45) is 1.41. The normalized spacial score (nSPS) is 20.7. The standard InChI is InChI=1S/C21H23N3O5S/c1-2-29-20(27)14-8-9-16-18(14)22-21(30-16)23-19(26)15-11-28-12-17(25)24(15)10-13-6-4-3-5-7-13/h3-7,14-15H,2,8-12H2,1H3,(H,22,23,26)/t14-,15-/m1/s1. The smallest absolute Gasteiger partial charge is 0.315 e. The molecule has 0 saturated carbocycles. The average Bonchev–Trinajstić information content (AvgIpc) is 3.30. The van der Waals surface area contributed by atoms with E-state index in [1.165, 1.54) is 16.2 Å². The minimum absolute atomic E-state index is 0.0383. The number of esters is 1. The van der Waals surface area contributed by atoms with Gasteiger partial charge in [0.05, 0.1) is 18.9 Å². The predicted molar refractivity (Wildman–Crippen MR) is 110 cm³/mol. The number of carbonyl (C=O) groups is 3. The first-order valence-electron chi connectivity index (χ1n) is 9.95. The molecular weight excluding hydrogens is 406 g/mol. The molecule has 30 heavy (non-hydrogen) atoms. The van der Waals surface area contributed by atoms with Crippen molar-refractivity contribution in [2.75, 3.05) is 25.1 Å². The third-order valence-corrected chi connectivity index (χ3v) is 6.26. The molecule has 158 valence electrons. The number of carbonyl (C=O) groups excluding carboxylic acids is 3. The monoisotopic (exact) mass is 429 g/mol. The summed E-state index contributed by atoms with van der Waals surface area (Å²) in [5.41, 5.74) is 1.63. The van der Waals surface area contributed by atoms with Crippen molar-refractivity contribution >= 4 is 34.3 Å². The maximum Gasteiger partial charge on any atom is 0.315 e. The number of nitrogens with one attached hydrogen (secondary N) is 1. The van der Waals surface area contributed by atoms with Gasteiger partial charge in [-0.15, -0.1) is 11.3 Å². The molecule has 4 rings (SSSR count). The second-order valence-corrected chi connectivity index (χ2v) is 8.28. The van der Waals surface area contributed by atoms with Crippen LogP contribution in [-0.2, 0) is 36.8 Å². The Morgan fingerprint density at radius 1 is 1.33 bits per heavy atom. The molecule has 1 N–H and O–H groups in total. The van der Waals surface area contributed by atoms with Gasteiger partial charge in [-0.05, 0) is 25.3 Å². The predicted octanol–water partition coefficient (Wildman–Crippen LogP) is 2.10. The lowest BCUT2D eigenvalue weighted by atomic mass is 10.1. The summed E-state index contributed by atoms with van der Waals surface area (Å²) in [6, 6.07) is 8.78. The largest absolute Gasteiger partial charge is 0.465 e. The highest BCUT2D eigenvalue weighted by atomic mass is 32.1. The Labute approximate surface area is 178 Å². The van der Waals surface area contributed by atoms with Gasteiger partial charge in [-0.3, -0.25) is 14.4 Å². The first-order chi connectivity index (χ1) is 14.6.